The highest BCUT2D eigenvalue weighted by atomic mass is 16.1. The summed E-state index contributed by atoms with van der Waals surface area (Å²) in [6, 6.07) is 12.1. The summed E-state index contributed by atoms with van der Waals surface area (Å²) in [4.78, 5) is 29.0. The molecule has 0 radical (unpaired) electrons. The number of carbonyl (C=O) groups is 1. The van der Waals surface area contributed by atoms with Crippen LogP contribution in [0.5, 0.6) is 0 Å². The summed E-state index contributed by atoms with van der Waals surface area (Å²) < 4.78 is 1.94. The number of nitrogens with zero attached hydrogens (tertiary/aromatic N) is 2. The van der Waals surface area contributed by atoms with Crippen molar-refractivity contribution in [1.29, 1.82) is 0 Å². The fourth-order valence-corrected chi connectivity index (χ4v) is 3.35. The van der Waals surface area contributed by atoms with Crippen LogP contribution in [-0.2, 0) is 4.79 Å². The third-order valence-corrected chi connectivity index (χ3v) is 4.52. The zero-order valence-electron chi connectivity index (χ0n) is 12.7. The van der Waals surface area contributed by atoms with Crippen molar-refractivity contribution in [3.05, 3.63) is 69.6 Å². The number of carbonyl (C=O) groups excluding carboxylic acids is 1. The van der Waals surface area contributed by atoms with E-state index >= 15 is 0 Å². The lowest BCUT2D eigenvalue weighted by molar-refractivity contribution is -0.112. The van der Waals surface area contributed by atoms with Crippen LogP contribution >= 0.6 is 0 Å². The predicted octanol–water partition coefficient (Wildman–Crippen LogP) is 1.53. The van der Waals surface area contributed by atoms with Gasteiger partial charge in [0.15, 0.2) is 11.2 Å². The van der Waals surface area contributed by atoms with Gasteiger partial charge in [-0.1, -0.05) is 36.4 Å². The molecule has 24 heavy (non-hydrogen) atoms. The Balaban J connectivity index is 2.03. The highest BCUT2D eigenvalue weighted by molar-refractivity contribution is 6.09. The van der Waals surface area contributed by atoms with E-state index in [0.717, 1.165) is 16.3 Å². The van der Waals surface area contributed by atoms with Crippen LogP contribution in [0.1, 0.15) is 6.42 Å². The molecule has 0 saturated heterocycles. The van der Waals surface area contributed by atoms with Crippen LogP contribution < -0.4 is 16.0 Å². The van der Waals surface area contributed by atoms with E-state index in [2.05, 4.69) is 4.98 Å². The van der Waals surface area contributed by atoms with E-state index < -0.39 is 0 Å². The van der Waals surface area contributed by atoms with Crippen molar-refractivity contribution in [3.63, 3.8) is 0 Å². The maximum atomic E-state index is 12.8. The smallest absolute Gasteiger partial charge is 0.198 e. The van der Waals surface area contributed by atoms with Crippen molar-refractivity contribution >= 4 is 45.1 Å². The first kappa shape index (κ1) is 13.2. The van der Waals surface area contributed by atoms with Crippen molar-refractivity contribution in [1.82, 2.24) is 9.38 Å². The van der Waals surface area contributed by atoms with Gasteiger partial charge in [-0.3, -0.25) is 9.59 Å². The van der Waals surface area contributed by atoms with Crippen molar-refractivity contribution in [3.8, 4) is 0 Å². The second-order valence-electron chi connectivity index (χ2n) is 6.04. The quantitative estimate of drug-likeness (QED) is 0.495. The number of ketones is 1. The molecule has 0 spiro atoms. The molecule has 0 bridgehead atoms. The van der Waals surface area contributed by atoms with E-state index in [1.807, 2.05) is 53.2 Å². The van der Waals surface area contributed by atoms with Gasteiger partial charge in [0.1, 0.15) is 5.52 Å². The molecule has 0 saturated carbocycles. The van der Waals surface area contributed by atoms with Crippen molar-refractivity contribution in [2.24, 2.45) is 0 Å². The molecule has 0 N–H and O–H groups in total. The van der Waals surface area contributed by atoms with E-state index in [0.29, 0.717) is 21.5 Å². The third kappa shape index (κ3) is 1.77. The third-order valence-electron chi connectivity index (χ3n) is 4.52. The Morgan fingerprint density at radius 1 is 1.00 bits per heavy atom. The van der Waals surface area contributed by atoms with Gasteiger partial charge in [0.25, 0.3) is 0 Å². The Hall–Kier alpha value is -3.27. The van der Waals surface area contributed by atoms with Crippen LogP contribution in [0.25, 0.3) is 39.3 Å². The summed E-state index contributed by atoms with van der Waals surface area (Å²) in [6.45, 7) is 0. The van der Waals surface area contributed by atoms with Crippen molar-refractivity contribution in [2.75, 3.05) is 0 Å². The van der Waals surface area contributed by atoms with Gasteiger partial charge in [0, 0.05) is 30.1 Å². The Labute approximate surface area is 136 Å². The maximum absolute atomic E-state index is 12.8. The molecule has 3 heterocycles. The normalized spacial score (nSPS) is 13.8. The number of fused-ring (bicyclic) bond motifs is 5. The molecular weight excluding hydrogens is 300 g/mol. The van der Waals surface area contributed by atoms with Gasteiger partial charge in [-0.05, 0) is 16.8 Å². The zero-order chi connectivity index (χ0) is 16.3. The lowest BCUT2D eigenvalue weighted by Crippen LogP contribution is -2.43. The number of pyridine rings is 2. The van der Waals surface area contributed by atoms with Gasteiger partial charge >= 0.3 is 0 Å². The van der Waals surface area contributed by atoms with E-state index in [9.17, 15) is 9.59 Å². The molecule has 0 unspecified atom stereocenters. The molecule has 1 aliphatic carbocycles. The van der Waals surface area contributed by atoms with Crippen LogP contribution in [0.4, 0.5) is 0 Å². The number of Topliss-reactive ketones (excluding diaryl/α,β-unsaturated/α-hetero) is 1. The average Bonchev–Trinajstić information content (AvgIpc) is 2.76. The SMILES string of the molecule is O=C1C=c2nc3c(cn4cc5cccccc5cc34)c(=O)c2=CC1. The second kappa shape index (κ2) is 4.61. The van der Waals surface area contributed by atoms with Crippen LogP contribution in [-0.4, -0.2) is 15.2 Å². The molecular formula is C20H12N2O2. The minimum atomic E-state index is -0.0583. The lowest BCUT2D eigenvalue weighted by atomic mass is 10.1. The van der Waals surface area contributed by atoms with Gasteiger partial charge in [-0.25, -0.2) is 4.98 Å². The molecule has 1 aromatic carbocycles. The van der Waals surface area contributed by atoms with E-state index in [1.54, 1.807) is 6.08 Å². The number of aromatic nitrogens is 2. The molecule has 4 aromatic rings. The Morgan fingerprint density at radius 2 is 1.83 bits per heavy atom. The van der Waals surface area contributed by atoms with Crippen LogP contribution in [0.15, 0.2) is 53.6 Å². The van der Waals surface area contributed by atoms with Gasteiger partial charge in [-0.2, -0.15) is 0 Å². The summed E-state index contributed by atoms with van der Waals surface area (Å²) in [7, 11) is 0. The van der Waals surface area contributed by atoms with Gasteiger partial charge in [0.05, 0.1) is 16.3 Å². The summed E-state index contributed by atoms with van der Waals surface area (Å²) >= 11 is 0. The molecule has 3 aromatic heterocycles. The monoisotopic (exact) mass is 312 g/mol. The summed E-state index contributed by atoms with van der Waals surface area (Å²) in [6.07, 6.45) is 7.26. The lowest BCUT2D eigenvalue weighted by Gasteiger charge is -1.99. The first-order chi connectivity index (χ1) is 11.7. The van der Waals surface area contributed by atoms with E-state index in [-0.39, 0.29) is 17.6 Å². The standard InChI is InChI=1S/C20H12N2O2/c23-14-6-7-15-17(9-14)21-19-16(20(15)24)11-22-10-13-5-3-1-2-4-12(13)8-18(19)22/h1-5,7-11H,6H2. The van der Waals surface area contributed by atoms with Crippen molar-refractivity contribution < 1.29 is 4.79 Å². The number of hydrogen-bond donors (Lipinski definition) is 0. The molecule has 4 heteroatoms. The highest BCUT2D eigenvalue weighted by Crippen LogP contribution is 2.21. The Bertz CT molecular complexity index is 1360. The highest BCUT2D eigenvalue weighted by Gasteiger charge is 2.13. The first-order valence-electron chi connectivity index (χ1n) is 7.79. The zero-order valence-corrected chi connectivity index (χ0v) is 12.7. The molecule has 114 valence electrons. The largest absolute Gasteiger partial charge is 0.320 e. The van der Waals surface area contributed by atoms with E-state index in [1.165, 1.54) is 6.08 Å². The summed E-state index contributed by atoms with van der Waals surface area (Å²) in [5.74, 6) is -0.0188. The average molecular weight is 312 g/mol. The van der Waals surface area contributed by atoms with Gasteiger partial charge in [-0.15, -0.1) is 0 Å². The second-order valence-corrected chi connectivity index (χ2v) is 6.04. The molecule has 0 amide bonds. The Kier molecular flexibility index (Phi) is 2.54. The van der Waals surface area contributed by atoms with Crippen molar-refractivity contribution in [2.45, 2.75) is 6.42 Å². The van der Waals surface area contributed by atoms with Gasteiger partial charge < -0.3 is 4.40 Å². The fourth-order valence-electron chi connectivity index (χ4n) is 3.35. The van der Waals surface area contributed by atoms with Crippen LogP contribution in [0, 0.1) is 0 Å². The molecule has 4 nitrogen and oxygen atoms in total. The number of hydrogen-bond acceptors (Lipinski definition) is 3. The van der Waals surface area contributed by atoms with Crippen LogP contribution in [0.3, 0.4) is 0 Å². The maximum Gasteiger partial charge on any atom is 0.198 e. The summed E-state index contributed by atoms with van der Waals surface area (Å²) in [5, 5.41) is 3.77. The fraction of sp³-hybridized carbons (Fsp3) is 0.0500. The Morgan fingerprint density at radius 3 is 2.71 bits per heavy atom. The molecule has 5 rings (SSSR count). The minimum absolute atomic E-state index is 0.0188. The topological polar surface area (TPSA) is 51.4 Å². The van der Waals surface area contributed by atoms with Crippen LogP contribution in [0.2, 0.25) is 0 Å². The predicted molar refractivity (Wildman–Crippen MR) is 94.3 cm³/mol. The van der Waals surface area contributed by atoms with E-state index in [4.69, 9.17) is 0 Å². The minimum Gasteiger partial charge on any atom is -0.320 e. The molecule has 0 aliphatic heterocycles. The first-order valence-corrected chi connectivity index (χ1v) is 7.79. The molecule has 0 fully saturated rings. The molecule has 1 aliphatic rings. The number of rotatable bonds is 0. The summed E-state index contributed by atoms with van der Waals surface area (Å²) in [5.41, 5.74) is 1.46. The van der Waals surface area contributed by atoms with Gasteiger partial charge in [0.2, 0.25) is 0 Å². The molecule has 0 atom stereocenters.